The molecule has 1 N–H and O–H groups in total. The van der Waals surface area contributed by atoms with E-state index in [0.29, 0.717) is 13.2 Å². The molecule has 4 heteroatoms. The molecule has 1 saturated heterocycles. The Bertz CT molecular complexity index is 277. The van der Waals surface area contributed by atoms with Crippen molar-refractivity contribution in [2.75, 3.05) is 32.8 Å². The fourth-order valence-corrected chi connectivity index (χ4v) is 3.00. The molecule has 1 heterocycles. The molecule has 0 spiro atoms. The molecule has 18 heavy (non-hydrogen) atoms. The highest BCUT2D eigenvalue weighted by molar-refractivity contribution is 5.81. The van der Waals surface area contributed by atoms with E-state index in [0.717, 1.165) is 31.5 Å². The highest BCUT2D eigenvalue weighted by Crippen LogP contribution is 2.30. The topological polar surface area (TPSA) is 41.6 Å². The Kier molecular flexibility index (Phi) is 5.01. The van der Waals surface area contributed by atoms with Gasteiger partial charge < -0.3 is 15.0 Å². The molecule has 3 atom stereocenters. The summed E-state index contributed by atoms with van der Waals surface area (Å²) in [6.45, 7) is 8.13. The predicted octanol–water partition coefficient (Wildman–Crippen LogP) is 1.26. The minimum atomic E-state index is -0.0594. The van der Waals surface area contributed by atoms with Crippen LogP contribution in [0.4, 0.5) is 0 Å². The third-order valence-electron chi connectivity index (χ3n) is 4.42. The van der Waals surface area contributed by atoms with Crippen LogP contribution in [0.25, 0.3) is 0 Å². The van der Waals surface area contributed by atoms with Gasteiger partial charge in [0.1, 0.15) is 0 Å². The highest BCUT2D eigenvalue weighted by Gasteiger charge is 2.26. The lowest BCUT2D eigenvalue weighted by Crippen LogP contribution is -2.50. The van der Waals surface area contributed by atoms with Crippen molar-refractivity contribution in [2.45, 2.75) is 39.2 Å². The second kappa shape index (κ2) is 6.53. The van der Waals surface area contributed by atoms with Crippen LogP contribution in [0.3, 0.4) is 0 Å². The fraction of sp³-hybridized carbons (Fsp3) is 0.929. The number of amides is 1. The summed E-state index contributed by atoms with van der Waals surface area (Å²) in [5.41, 5.74) is 0. The van der Waals surface area contributed by atoms with E-state index < -0.39 is 0 Å². The minimum Gasteiger partial charge on any atom is -0.378 e. The summed E-state index contributed by atoms with van der Waals surface area (Å²) in [5.74, 6) is 1.79. The van der Waals surface area contributed by atoms with Gasteiger partial charge in [0.2, 0.25) is 5.91 Å². The Labute approximate surface area is 110 Å². The molecule has 4 nitrogen and oxygen atoms in total. The van der Waals surface area contributed by atoms with Crippen LogP contribution >= 0.6 is 0 Å². The lowest BCUT2D eigenvalue weighted by atomic mass is 9.98. The van der Waals surface area contributed by atoms with Crippen molar-refractivity contribution in [1.29, 1.82) is 0 Å². The van der Waals surface area contributed by atoms with Crippen molar-refractivity contribution in [2.24, 2.45) is 11.8 Å². The summed E-state index contributed by atoms with van der Waals surface area (Å²) < 4.78 is 5.27. The molecular formula is C14H26N2O2. The lowest BCUT2D eigenvalue weighted by Gasteiger charge is -2.30. The van der Waals surface area contributed by atoms with Gasteiger partial charge >= 0.3 is 0 Å². The number of nitrogens with one attached hydrogen (secondary N) is 1. The fourth-order valence-electron chi connectivity index (χ4n) is 3.00. The van der Waals surface area contributed by atoms with E-state index in [4.69, 9.17) is 4.74 Å². The zero-order chi connectivity index (χ0) is 13.0. The number of ether oxygens (including phenoxy) is 1. The number of hydrogen-bond acceptors (Lipinski definition) is 3. The Balaban J connectivity index is 1.73. The van der Waals surface area contributed by atoms with Crippen LogP contribution in [0.2, 0.25) is 0 Å². The number of rotatable bonds is 4. The average molecular weight is 254 g/mol. The quantitative estimate of drug-likeness (QED) is 0.821. The predicted molar refractivity (Wildman–Crippen MR) is 71.4 cm³/mol. The van der Waals surface area contributed by atoms with Gasteiger partial charge in [0.05, 0.1) is 19.3 Å². The van der Waals surface area contributed by atoms with Gasteiger partial charge in [-0.25, -0.2) is 0 Å². The molecule has 2 aliphatic rings. The van der Waals surface area contributed by atoms with E-state index in [1.54, 1.807) is 0 Å². The molecule has 0 aromatic rings. The summed E-state index contributed by atoms with van der Waals surface area (Å²) in [4.78, 5) is 14.1. The Morgan fingerprint density at radius 1 is 1.39 bits per heavy atom. The highest BCUT2D eigenvalue weighted by atomic mass is 16.5. The van der Waals surface area contributed by atoms with Crippen LogP contribution in [0.15, 0.2) is 0 Å². The Hall–Kier alpha value is -0.610. The van der Waals surface area contributed by atoms with E-state index in [1.165, 1.54) is 19.3 Å². The molecule has 104 valence electrons. The molecule has 0 radical (unpaired) electrons. The molecule has 1 amide bonds. The van der Waals surface area contributed by atoms with Gasteiger partial charge in [-0.15, -0.1) is 0 Å². The smallest absolute Gasteiger partial charge is 0.239 e. The van der Waals surface area contributed by atoms with Crippen LogP contribution in [0.1, 0.15) is 33.1 Å². The molecule has 1 saturated carbocycles. The number of hydrogen-bond donors (Lipinski definition) is 1. The van der Waals surface area contributed by atoms with Crippen LogP contribution in [-0.4, -0.2) is 49.7 Å². The molecular weight excluding hydrogens is 228 g/mol. The van der Waals surface area contributed by atoms with E-state index in [1.807, 2.05) is 11.8 Å². The first kappa shape index (κ1) is 13.8. The van der Waals surface area contributed by atoms with Crippen LogP contribution < -0.4 is 5.32 Å². The van der Waals surface area contributed by atoms with Gasteiger partial charge in [0.15, 0.2) is 0 Å². The summed E-state index contributed by atoms with van der Waals surface area (Å²) in [6, 6.07) is -0.0594. The first-order chi connectivity index (χ1) is 8.68. The van der Waals surface area contributed by atoms with Crippen molar-refractivity contribution in [3.8, 4) is 0 Å². The summed E-state index contributed by atoms with van der Waals surface area (Å²) in [7, 11) is 0. The standard InChI is InChI=1S/C14H26N2O2/c1-11-4-3-5-13(11)10-15-12(2)14(17)16-6-8-18-9-7-16/h11-13,15H,3-10H2,1-2H3. The number of carbonyl (C=O) groups is 1. The Morgan fingerprint density at radius 2 is 2.11 bits per heavy atom. The molecule has 1 aliphatic heterocycles. The van der Waals surface area contributed by atoms with Crippen molar-refractivity contribution in [1.82, 2.24) is 10.2 Å². The second-order valence-corrected chi connectivity index (χ2v) is 5.74. The zero-order valence-corrected chi connectivity index (χ0v) is 11.7. The van der Waals surface area contributed by atoms with Crippen molar-refractivity contribution >= 4 is 5.91 Å². The normalized spacial score (nSPS) is 30.4. The van der Waals surface area contributed by atoms with Gasteiger partial charge in [0.25, 0.3) is 0 Å². The first-order valence-corrected chi connectivity index (χ1v) is 7.28. The van der Waals surface area contributed by atoms with Crippen LogP contribution in [-0.2, 0) is 9.53 Å². The largest absolute Gasteiger partial charge is 0.378 e. The van der Waals surface area contributed by atoms with Gasteiger partial charge in [-0.1, -0.05) is 19.8 Å². The molecule has 0 aromatic carbocycles. The number of carbonyl (C=O) groups excluding carboxylic acids is 1. The zero-order valence-electron chi connectivity index (χ0n) is 11.7. The van der Waals surface area contributed by atoms with E-state index in [-0.39, 0.29) is 11.9 Å². The maximum atomic E-state index is 12.2. The van der Waals surface area contributed by atoms with Crippen molar-refractivity contribution < 1.29 is 9.53 Å². The van der Waals surface area contributed by atoms with Gasteiger partial charge in [-0.3, -0.25) is 4.79 Å². The molecule has 2 rings (SSSR count). The lowest BCUT2D eigenvalue weighted by molar-refractivity contribution is -0.137. The molecule has 0 aromatic heterocycles. The summed E-state index contributed by atoms with van der Waals surface area (Å²) >= 11 is 0. The molecule has 0 bridgehead atoms. The van der Waals surface area contributed by atoms with Gasteiger partial charge in [-0.05, 0) is 31.7 Å². The maximum Gasteiger partial charge on any atom is 0.239 e. The minimum absolute atomic E-state index is 0.0594. The summed E-state index contributed by atoms with van der Waals surface area (Å²) in [6.07, 6.45) is 4.00. The summed E-state index contributed by atoms with van der Waals surface area (Å²) in [5, 5.41) is 3.42. The average Bonchev–Trinajstić information content (AvgIpc) is 2.81. The third kappa shape index (κ3) is 3.45. The van der Waals surface area contributed by atoms with E-state index >= 15 is 0 Å². The Morgan fingerprint density at radius 3 is 2.72 bits per heavy atom. The second-order valence-electron chi connectivity index (χ2n) is 5.74. The molecule has 2 fully saturated rings. The van der Waals surface area contributed by atoms with Crippen LogP contribution in [0.5, 0.6) is 0 Å². The number of nitrogens with zero attached hydrogens (tertiary/aromatic N) is 1. The van der Waals surface area contributed by atoms with Gasteiger partial charge in [0, 0.05) is 13.1 Å². The first-order valence-electron chi connectivity index (χ1n) is 7.28. The monoisotopic (exact) mass is 254 g/mol. The van der Waals surface area contributed by atoms with Crippen LogP contribution in [0, 0.1) is 11.8 Å². The third-order valence-corrected chi connectivity index (χ3v) is 4.42. The van der Waals surface area contributed by atoms with Gasteiger partial charge in [-0.2, -0.15) is 0 Å². The maximum absolute atomic E-state index is 12.2. The SMILES string of the molecule is CC(NCC1CCCC1C)C(=O)N1CCOCC1. The molecule has 3 unspecified atom stereocenters. The van der Waals surface area contributed by atoms with E-state index in [2.05, 4.69) is 12.2 Å². The van der Waals surface area contributed by atoms with Crippen molar-refractivity contribution in [3.05, 3.63) is 0 Å². The van der Waals surface area contributed by atoms with E-state index in [9.17, 15) is 4.79 Å². The number of morpholine rings is 1. The van der Waals surface area contributed by atoms with Crippen molar-refractivity contribution in [3.63, 3.8) is 0 Å². The molecule has 1 aliphatic carbocycles.